The Bertz CT molecular complexity index is 479. The fourth-order valence-corrected chi connectivity index (χ4v) is 3.35. The highest BCUT2D eigenvalue weighted by Crippen LogP contribution is 2.27. The SMILES string of the molecule is CCCCCN1CCN(CCOc2cc(C)ccc2C(C)C)CC1. The van der Waals surface area contributed by atoms with Gasteiger partial charge in [0.2, 0.25) is 0 Å². The molecular weight excluding hydrogens is 296 g/mol. The molecule has 3 nitrogen and oxygen atoms in total. The molecule has 3 heteroatoms. The lowest BCUT2D eigenvalue weighted by atomic mass is 10.0. The lowest BCUT2D eigenvalue weighted by Crippen LogP contribution is -2.47. The van der Waals surface area contributed by atoms with Gasteiger partial charge in [-0.3, -0.25) is 4.90 Å². The summed E-state index contributed by atoms with van der Waals surface area (Å²) in [6, 6.07) is 6.57. The van der Waals surface area contributed by atoms with E-state index in [1.54, 1.807) is 0 Å². The fraction of sp³-hybridized carbons (Fsp3) is 0.714. The normalized spacial score (nSPS) is 16.7. The lowest BCUT2D eigenvalue weighted by Gasteiger charge is -2.34. The molecule has 1 saturated heterocycles. The summed E-state index contributed by atoms with van der Waals surface area (Å²) >= 11 is 0. The van der Waals surface area contributed by atoms with Crippen molar-refractivity contribution in [2.24, 2.45) is 0 Å². The molecule has 1 aliphatic rings. The number of rotatable bonds is 9. The van der Waals surface area contributed by atoms with Crippen LogP contribution in [0.4, 0.5) is 0 Å². The topological polar surface area (TPSA) is 15.7 Å². The summed E-state index contributed by atoms with van der Waals surface area (Å²) in [6.45, 7) is 16.8. The molecule has 0 aromatic heterocycles. The molecule has 1 aromatic rings. The molecule has 1 heterocycles. The van der Waals surface area contributed by atoms with Crippen LogP contribution in [0.25, 0.3) is 0 Å². The number of benzene rings is 1. The third-order valence-electron chi connectivity index (χ3n) is 5.00. The molecule has 136 valence electrons. The third-order valence-corrected chi connectivity index (χ3v) is 5.00. The Morgan fingerprint density at radius 1 is 1.00 bits per heavy atom. The molecule has 0 bridgehead atoms. The Morgan fingerprint density at radius 3 is 2.29 bits per heavy atom. The smallest absolute Gasteiger partial charge is 0.123 e. The minimum absolute atomic E-state index is 0.507. The highest BCUT2D eigenvalue weighted by molar-refractivity contribution is 5.39. The first-order chi connectivity index (χ1) is 11.6. The van der Waals surface area contributed by atoms with Crippen molar-refractivity contribution in [1.29, 1.82) is 0 Å². The van der Waals surface area contributed by atoms with Crippen molar-refractivity contribution in [2.45, 2.75) is 52.9 Å². The number of unbranched alkanes of at least 4 members (excludes halogenated alkanes) is 2. The quantitative estimate of drug-likeness (QED) is 0.627. The molecule has 1 aliphatic heterocycles. The second-order valence-corrected chi connectivity index (χ2v) is 7.43. The molecule has 0 aliphatic carbocycles. The molecule has 24 heavy (non-hydrogen) atoms. The van der Waals surface area contributed by atoms with Crippen molar-refractivity contribution in [3.05, 3.63) is 29.3 Å². The van der Waals surface area contributed by atoms with Crippen molar-refractivity contribution in [3.63, 3.8) is 0 Å². The number of ether oxygens (including phenoxy) is 1. The molecule has 0 radical (unpaired) electrons. The number of hydrogen-bond donors (Lipinski definition) is 0. The number of aryl methyl sites for hydroxylation is 1. The maximum Gasteiger partial charge on any atom is 0.123 e. The largest absolute Gasteiger partial charge is 0.492 e. The zero-order chi connectivity index (χ0) is 17.4. The lowest BCUT2D eigenvalue weighted by molar-refractivity contribution is 0.115. The average Bonchev–Trinajstić information content (AvgIpc) is 2.56. The van der Waals surface area contributed by atoms with Gasteiger partial charge in [-0.05, 0) is 43.0 Å². The summed E-state index contributed by atoms with van der Waals surface area (Å²) < 4.78 is 6.13. The summed E-state index contributed by atoms with van der Waals surface area (Å²) in [5, 5.41) is 0. The van der Waals surface area contributed by atoms with Crippen LogP contribution in [0.15, 0.2) is 18.2 Å². The van der Waals surface area contributed by atoms with Gasteiger partial charge in [0.1, 0.15) is 12.4 Å². The Labute approximate surface area is 149 Å². The zero-order valence-electron chi connectivity index (χ0n) is 16.2. The maximum absolute atomic E-state index is 6.13. The van der Waals surface area contributed by atoms with E-state index in [1.165, 1.54) is 63.1 Å². The minimum Gasteiger partial charge on any atom is -0.492 e. The summed E-state index contributed by atoms with van der Waals surface area (Å²) in [6.07, 6.45) is 4.03. The summed E-state index contributed by atoms with van der Waals surface area (Å²) in [5.74, 6) is 1.58. The Balaban J connectivity index is 1.71. The van der Waals surface area contributed by atoms with Gasteiger partial charge in [0, 0.05) is 32.7 Å². The van der Waals surface area contributed by atoms with Gasteiger partial charge in [0.15, 0.2) is 0 Å². The van der Waals surface area contributed by atoms with Crippen LogP contribution in [0.3, 0.4) is 0 Å². The van der Waals surface area contributed by atoms with Crippen molar-refractivity contribution in [1.82, 2.24) is 9.80 Å². The van der Waals surface area contributed by atoms with E-state index in [2.05, 4.69) is 55.7 Å². The van der Waals surface area contributed by atoms with Crippen molar-refractivity contribution >= 4 is 0 Å². The van der Waals surface area contributed by atoms with Gasteiger partial charge < -0.3 is 9.64 Å². The number of piperazine rings is 1. The highest BCUT2D eigenvalue weighted by Gasteiger charge is 2.16. The van der Waals surface area contributed by atoms with Gasteiger partial charge in [-0.25, -0.2) is 0 Å². The third kappa shape index (κ3) is 6.10. The van der Waals surface area contributed by atoms with E-state index in [9.17, 15) is 0 Å². The second-order valence-electron chi connectivity index (χ2n) is 7.43. The van der Waals surface area contributed by atoms with Gasteiger partial charge in [0.05, 0.1) is 0 Å². The molecule has 0 N–H and O–H groups in total. The van der Waals surface area contributed by atoms with Crippen molar-refractivity contribution in [2.75, 3.05) is 45.9 Å². The molecule has 0 unspecified atom stereocenters. The highest BCUT2D eigenvalue weighted by atomic mass is 16.5. The summed E-state index contributed by atoms with van der Waals surface area (Å²) in [4.78, 5) is 5.16. The monoisotopic (exact) mass is 332 g/mol. The summed E-state index contributed by atoms with van der Waals surface area (Å²) in [7, 11) is 0. The molecule has 0 spiro atoms. The van der Waals surface area contributed by atoms with Crippen molar-refractivity contribution in [3.8, 4) is 5.75 Å². The first-order valence-electron chi connectivity index (χ1n) is 9.78. The van der Waals surface area contributed by atoms with E-state index in [1.807, 2.05) is 0 Å². The van der Waals surface area contributed by atoms with E-state index in [0.29, 0.717) is 5.92 Å². The van der Waals surface area contributed by atoms with E-state index in [4.69, 9.17) is 4.74 Å². The number of nitrogens with zero attached hydrogens (tertiary/aromatic N) is 2. The Hall–Kier alpha value is -1.06. The number of hydrogen-bond acceptors (Lipinski definition) is 3. The van der Waals surface area contributed by atoms with Gasteiger partial charge in [-0.2, -0.15) is 0 Å². The molecule has 1 aromatic carbocycles. The van der Waals surface area contributed by atoms with Gasteiger partial charge in [0.25, 0.3) is 0 Å². The van der Waals surface area contributed by atoms with Crippen LogP contribution >= 0.6 is 0 Å². The fourth-order valence-electron chi connectivity index (χ4n) is 3.35. The van der Waals surface area contributed by atoms with E-state index < -0.39 is 0 Å². The first kappa shape index (κ1) is 19.3. The molecule has 0 atom stereocenters. The van der Waals surface area contributed by atoms with Crippen LogP contribution in [0, 0.1) is 6.92 Å². The van der Waals surface area contributed by atoms with Gasteiger partial charge >= 0.3 is 0 Å². The van der Waals surface area contributed by atoms with E-state index >= 15 is 0 Å². The van der Waals surface area contributed by atoms with Gasteiger partial charge in [-0.1, -0.05) is 45.7 Å². The standard InChI is InChI=1S/C21H36N2O/c1-5-6-7-10-22-11-13-23(14-12-22)15-16-24-21-17-19(4)8-9-20(21)18(2)3/h8-9,17-18H,5-7,10-16H2,1-4H3. The average molecular weight is 333 g/mol. The van der Waals surface area contributed by atoms with E-state index in [0.717, 1.165) is 18.9 Å². The minimum atomic E-state index is 0.507. The van der Waals surface area contributed by atoms with Crippen LogP contribution in [0.5, 0.6) is 5.75 Å². The Morgan fingerprint density at radius 2 is 1.67 bits per heavy atom. The molecule has 0 saturated carbocycles. The van der Waals surface area contributed by atoms with Gasteiger partial charge in [-0.15, -0.1) is 0 Å². The summed E-state index contributed by atoms with van der Waals surface area (Å²) in [5.41, 5.74) is 2.59. The molecule has 2 rings (SSSR count). The second kappa shape index (κ2) is 10.0. The maximum atomic E-state index is 6.13. The predicted octanol–water partition coefficient (Wildman–Crippen LogP) is 4.31. The Kier molecular flexibility index (Phi) is 8.07. The first-order valence-corrected chi connectivity index (χ1v) is 9.78. The van der Waals surface area contributed by atoms with Crippen LogP contribution in [0.1, 0.15) is 57.1 Å². The molecule has 0 amide bonds. The van der Waals surface area contributed by atoms with Crippen LogP contribution in [-0.2, 0) is 0 Å². The van der Waals surface area contributed by atoms with Crippen LogP contribution in [0.2, 0.25) is 0 Å². The molecule has 1 fully saturated rings. The van der Waals surface area contributed by atoms with Crippen molar-refractivity contribution < 1.29 is 4.74 Å². The molecular formula is C21H36N2O. The zero-order valence-corrected chi connectivity index (χ0v) is 16.2. The van der Waals surface area contributed by atoms with E-state index in [-0.39, 0.29) is 0 Å². The van der Waals surface area contributed by atoms with Crippen LogP contribution < -0.4 is 4.74 Å². The van der Waals surface area contributed by atoms with Crippen LogP contribution in [-0.4, -0.2) is 55.7 Å². The predicted molar refractivity (Wildman–Crippen MR) is 103 cm³/mol.